The minimum atomic E-state index is -0.794. The van der Waals surface area contributed by atoms with Crippen molar-refractivity contribution in [3.63, 3.8) is 0 Å². The Labute approximate surface area is 162 Å². The van der Waals surface area contributed by atoms with Crippen molar-refractivity contribution in [1.29, 1.82) is 0 Å². The van der Waals surface area contributed by atoms with Gasteiger partial charge in [0.1, 0.15) is 0 Å². The molecule has 3 N–H and O–H groups in total. The van der Waals surface area contributed by atoms with E-state index in [1.165, 1.54) is 19.3 Å². The molecule has 0 aromatic rings. The second-order valence-electron chi connectivity index (χ2n) is 8.42. The number of carbonyl (C=O) groups excluding carboxylic acids is 1. The van der Waals surface area contributed by atoms with Crippen molar-refractivity contribution in [2.45, 2.75) is 89.4 Å². The number of nitrogens with one attached hydrogen (secondary N) is 2. The number of likely N-dealkylation sites (N-methyl/N-ethyl adjacent to an activating group) is 1. The third kappa shape index (κ3) is 4.40. The van der Waals surface area contributed by atoms with Gasteiger partial charge in [-0.25, -0.2) is 4.79 Å². The van der Waals surface area contributed by atoms with Gasteiger partial charge in [-0.3, -0.25) is 9.69 Å². The highest BCUT2D eigenvalue weighted by Crippen LogP contribution is 2.53. The van der Waals surface area contributed by atoms with Crippen LogP contribution in [0, 0.1) is 5.41 Å². The van der Waals surface area contributed by atoms with E-state index in [0.717, 1.165) is 45.3 Å². The highest BCUT2D eigenvalue weighted by Gasteiger charge is 2.56. The van der Waals surface area contributed by atoms with Gasteiger partial charge in [0.05, 0.1) is 12.6 Å². The van der Waals surface area contributed by atoms with Crippen molar-refractivity contribution in [3.05, 3.63) is 0 Å². The molecule has 3 rings (SSSR count). The molecule has 0 saturated heterocycles. The van der Waals surface area contributed by atoms with E-state index in [-0.39, 0.29) is 42.2 Å². The lowest BCUT2D eigenvalue weighted by Gasteiger charge is -2.57. The molecule has 2 unspecified atom stereocenters. The molecule has 3 fully saturated rings. The summed E-state index contributed by atoms with van der Waals surface area (Å²) in [5, 5.41) is 15.3. The quantitative estimate of drug-likeness (QED) is 0.600. The minimum absolute atomic E-state index is 0.0729. The number of carboxylic acids is 1. The van der Waals surface area contributed by atoms with E-state index in [0.29, 0.717) is 0 Å². The van der Waals surface area contributed by atoms with E-state index >= 15 is 0 Å². The zero-order valence-corrected chi connectivity index (χ0v) is 16.7. The van der Waals surface area contributed by atoms with Gasteiger partial charge in [0.25, 0.3) is 0 Å². The molecule has 7 heteroatoms. The molecule has 0 aliphatic heterocycles. The summed E-state index contributed by atoms with van der Waals surface area (Å²) in [7, 11) is 0. The molecule has 0 radical (unpaired) electrons. The lowest BCUT2D eigenvalue weighted by Crippen LogP contribution is -2.67. The molecule has 154 valence electrons. The number of hydrogen-bond acceptors (Lipinski definition) is 4. The number of nitrogens with zero attached hydrogens (tertiary/aromatic N) is 1. The Kier molecular flexibility index (Phi) is 6.63. The van der Waals surface area contributed by atoms with E-state index in [1.54, 1.807) is 0 Å². The molecule has 0 aromatic carbocycles. The van der Waals surface area contributed by atoms with Gasteiger partial charge in [0, 0.05) is 30.1 Å². The number of carboxylic acid groups (broad SMARTS) is 1. The third-order valence-corrected chi connectivity index (χ3v) is 6.95. The van der Waals surface area contributed by atoms with Gasteiger partial charge in [-0.05, 0) is 45.6 Å². The molecule has 3 aliphatic carbocycles. The first-order valence-electron chi connectivity index (χ1n) is 10.6. The minimum Gasteiger partial charge on any atom is -0.480 e. The first-order valence-corrected chi connectivity index (χ1v) is 10.6. The maximum Gasteiger partial charge on any atom is 0.317 e. The van der Waals surface area contributed by atoms with Crippen LogP contribution < -0.4 is 10.6 Å². The molecule has 0 bridgehead atoms. The fraction of sp³-hybridized carbons (Fsp3) is 0.900. The Morgan fingerprint density at radius 2 is 1.81 bits per heavy atom. The van der Waals surface area contributed by atoms with Crippen LogP contribution in [-0.4, -0.2) is 65.9 Å². The smallest absolute Gasteiger partial charge is 0.317 e. The molecular formula is C20H35N3O4. The van der Waals surface area contributed by atoms with Crippen molar-refractivity contribution in [2.75, 3.05) is 19.7 Å². The van der Waals surface area contributed by atoms with E-state index in [9.17, 15) is 9.59 Å². The summed E-state index contributed by atoms with van der Waals surface area (Å²) in [6.07, 6.45) is 8.88. The molecule has 7 nitrogen and oxygen atoms in total. The SMILES string of the molecule is CCOC1CC(NC(=O)NC2CC(N(CC)CC(=O)O)C2)C12CCCCC2. The van der Waals surface area contributed by atoms with Crippen molar-refractivity contribution >= 4 is 12.0 Å². The van der Waals surface area contributed by atoms with Gasteiger partial charge in [-0.2, -0.15) is 0 Å². The first-order chi connectivity index (χ1) is 13.0. The van der Waals surface area contributed by atoms with Crippen molar-refractivity contribution in [1.82, 2.24) is 15.5 Å². The highest BCUT2D eigenvalue weighted by molar-refractivity contribution is 5.75. The van der Waals surface area contributed by atoms with Gasteiger partial charge in [-0.1, -0.05) is 26.2 Å². The second kappa shape index (κ2) is 8.78. The lowest BCUT2D eigenvalue weighted by atomic mass is 9.55. The number of hydrogen-bond donors (Lipinski definition) is 3. The van der Waals surface area contributed by atoms with Crippen LogP contribution in [0.2, 0.25) is 0 Å². The molecule has 0 heterocycles. The van der Waals surface area contributed by atoms with Crippen molar-refractivity contribution in [3.8, 4) is 0 Å². The Morgan fingerprint density at radius 1 is 1.11 bits per heavy atom. The maximum atomic E-state index is 12.5. The second-order valence-corrected chi connectivity index (χ2v) is 8.42. The van der Waals surface area contributed by atoms with Crippen LogP contribution in [0.1, 0.15) is 65.2 Å². The van der Waals surface area contributed by atoms with E-state index in [4.69, 9.17) is 9.84 Å². The van der Waals surface area contributed by atoms with Crippen LogP contribution in [-0.2, 0) is 9.53 Å². The van der Waals surface area contributed by atoms with E-state index in [1.807, 2.05) is 18.7 Å². The predicted octanol–water partition coefficient (Wildman–Crippen LogP) is 2.35. The number of amides is 2. The maximum absolute atomic E-state index is 12.5. The Hall–Kier alpha value is -1.34. The van der Waals surface area contributed by atoms with Crippen LogP contribution in [0.3, 0.4) is 0 Å². The molecule has 1 spiro atoms. The number of rotatable bonds is 8. The summed E-state index contributed by atoms with van der Waals surface area (Å²) < 4.78 is 5.96. The number of ether oxygens (including phenoxy) is 1. The van der Waals surface area contributed by atoms with Crippen LogP contribution in [0.15, 0.2) is 0 Å². The Bertz CT molecular complexity index is 529. The standard InChI is InChI=1S/C20H35N3O4/c1-3-23(13-18(24)25)15-10-14(11-15)21-19(26)22-16-12-17(27-4-2)20(16)8-6-5-7-9-20/h14-17H,3-13H2,1-2H3,(H,24,25)(H2,21,22,26). The van der Waals surface area contributed by atoms with Crippen LogP contribution in [0.4, 0.5) is 4.79 Å². The van der Waals surface area contributed by atoms with Gasteiger partial charge < -0.3 is 20.5 Å². The average Bonchev–Trinajstić information content (AvgIpc) is 2.62. The molecule has 3 aliphatic rings. The van der Waals surface area contributed by atoms with Gasteiger partial charge in [0.2, 0.25) is 0 Å². The monoisotopic (exact) mass is 381 g/mol. The van der Waals surface area contributed by atoms with E-state index < -0.39 is 5.97 Å². The average molecular weight is 382 g/mol. The lowest BCUT2D eigenvalue weighted by molar-refractivity contribution is -0.146. The van der Waals surface area contributed by atoms with Crippen LogP contribution in [0.25, 0.3) is 0 Å². The highest BCUT2D eigenvalue weighted by atomic mass is 16.5. The normalized spacial score (nSPS) is 31.8. The zero-order valence-electron chi connectivity index (χ0n) is 16.7. The predicted molar refractivity (Wildman–Crippen MR) is 103 cm³/mol. The topological polar surface area (TPSA) is 90.9 Å². The fourth-order valence-electron chi connectivity index (χ4n) is 5.33. The van der Waals surface area contributed by atoms with Crippen molar-refractivity contribution < 1.29 is 19.4 Å². The van der Waals surface area contributed by atoms with Crippen LogP contribution >= 0.6 is 0 Å². The zero-order chi connectivity index (χ0) is 19.4. The van der Waals surface area contributed by atoms with Crippen LogP contribution in [0.5, 0.6) is 0 Å². The summed E-state index contributed by atoms with van der Waals surface area (Å²) in [6.45, 7) is 5.55. The first kappa shape index (κ1) is 20.4. The van der Waals surface area contributed by atoms with Gasteiger partial charge >= 0.3 is 12.0 Å². The summed E-state index contributed by atoms with van der Waals surface area (Å²) in [5.41, 5.74) is 0.133. The summed E-state index contributed by atoms with van der Waals surface area (Å²) in [6, 6.07) is 0.532. The third-order valence-electron chi connectivity index (χ3n) is 6.95. The van der Waals surface area contributed by atoms with Crippen molar-refractivity contribution in [2.24, 2.45) is 5.41 Å². The Morgan fingerprint density at radius 3 is 2.41 bits per heavy atom. The molecule has 0 aromatic heterocycles. The summed E-state index contributed by atoms with van der Waals surface area (Å²) in [5.74, 6) is -0.794. The van der Waals surface area contributed by atoms with Gasteiger partial charge in [0.15, 0.2) is 0 Å². The molecular weight excluding hydrogens is 346 g/mol. The Balaban J connectivity index is 1.44. The molecule has 27 heavy (non-hydrogen) atoms. The summed E-state index contributed by atoms with van der Waals surface area (Å²) in [4.78, 5) is 25.4. The molecule has 2 amide bonds. The largest absolute Gasteiger partial charge is 0.480 e. The number of carbonyl (C=O) groups is 2. The number of urea groups is 1. The molecule has 2 atom stereocenters. The van der Waals surface area contributed by atoms with E-state index in [2.05, 4.69) is 10.6 Å². The van der Waals surface area contributed by atoms with Gasteiger partial charge in [-0.15, -0.1) is 0 Å². The summed E-state index contributed by atoms with van der Waals surface area (Å²) >= 11 is 0. The fourth-order valence-corrected chi connectivity index (χ4v) is 5.33. The number of aliphatic carboxylic acids is 1. The molecule has 3 saturated carbocycles.